The summed E-state index contributed by atoms with van der Waals surface area (Å²) in [5, 5.41) is 9.72. The first kappa shape index (κ1) is 15.2. The number of aromatic amines is 2. The quantitative estimate of drug-likeness (QED) is 0.652. The van der Waals surface area contributed by atoms with Crippen molar-refractivity contribution in [3.05, 3.63) is 32.6 Å². The van der Waals surface area contributed by atoms with Crippen molar-refractivity contribution in [2.45, 2.75) is 32.8 Å². The molecule has 0 aliphatic rings. The average molecular weight is 269 g/mol. The summed E-state index contributed by atoms with van der Waals surface area (Å²) in [6.07, 6.45) is -0.0803. The number of H-pyrrole nitrogens is 2. The van der Waals surface area contributed by atoms with Crippen LogP contribution in [0.3, 0.4) is 0 Å². The van der Waals surface area contributed by atoms with Crippen LogP contribution in [-0.2, 0) is 11.2 Å². The molecule has 0 bridgehead atoms. The highest BCUT2D eigenvalue weighted by molar-refractivity contribution is 5.78. The maximum Gasteiger partial charge on any atom is 0.325 e. The molecule has 1 aromatic heterocycles. The van der Waals surface area contributed by atoms with Crippen LogP contribution < -0.4 is 11.2 Å². The Morgan fingerprint density at radius 1 is 1.37 bits per heavy atom. The summed E-state index contributed by atoms with van der Waals surface area (Å²) in [6.45, 7) is 5.65. The summed E-state index contributed by atoms with van der Waals surface area (Å²) in [5.41, 5.74) is -1.92. The van der Waals surface area contributed by atoms with E-state index in [1.807, 2.05) is 4.98 Å². The van der Waals surface area contributed by atoms with E-state index in [0.29, 0.717) is 6.54 Å². The molecule has 1 heterocycles. The van der Waals surface area contributed by atoms with E-state index < -0.39 is 16.9 Å². The van der Waals surface area contributed by atoms with Crippen LogP contribution in [0.1, 0.15) is 26.5 Å². The second kappa shape index (κ2) is 5.83. The van der Waals surface area contributed by atoms with Gasteiger partial charge < -0.3 is 15.0 Å². The van der Waals surface area contributed by atoms with E-state index in [1.165, 1.54) is 11.0 Å². The van der Waals surface area contributed by atoms with Crippen molar-refractivity contribution in [1.82, 2.24) is 14.9 Å². The third-order valence-corrected chi connectivity index (χ3v) is 2.47. The molecule has 1 rings (SSSR count). The Hall–Kier alpha value is -1.89. The fourth-order valence-corrected chi connectivity index (χ4v) is 1.73. The fraction of sp³-hybridized carbons (Fsp3) is 0.583. The SMILES string of the molecule is CCN(CC(C)(C)O)C(=O)Cc1cc(=O)[nH]c(=O)[nH]1. The van der Waals surface area contributed by atoms with Crippen molar-refractivity contribution in [3.8, 4) is 0 Å². The largest absolute Gasteiger partial charge is 0.389 e. The van der Waals surface area contributed by atoms with Crippen LogP contribution in [0.4, 0.5) is 0 Å². The molecule has 0 aliphatic heterocycles. The molecule has 0 saturated heterocycles. The molecule has 0 unspecified atom stereocenters. The van der Waals surface area contributed by atoms with Crippen LogP contribution >= 0.6 is 0 Å². The Bertz CT molecular complexity index is 525. The molecule has 1 amide bonds. The highest BCUT2D eigenvalue weighted by Gasteiger charge is 2.21. The van der Waals surface area contributed by atoms with Gasteiger partial charge in [0.1, 0.15) is 0 Å². The maximum atomic E-state index is 12.0. The van der Waals surface area contributed by atoms with E-state index in [4.69, 9.17) is 0 Å². The zero-order valence-electron chi connectivity index (χ0n) is 11.3. The molecule has 0 aliphatic carbocycles. The van der Waals surface area contributed by atoms with E-state index in [-0.39, 0.29) is 24.6 Å². The molecule has 0 radical (unpaired) electrons. The lowest BCUT2D eigenvalue weighted by molar-refractivity contribution is -0.133. The highest BCUT2D eigenvalue weighted by Crippen LogP contribution is 2.06. The van der Waals surface area contributed by atoms with Crippen molar-refractivity contribution in [2.24, 2.45) is 0 Å². The standard InChI is InChI=1S/C12H19N3O4/c1-4-15(7-12(2,3)19)10(17)6-8-5-9(16)14-11(18)13-8/h5,19H,4,6-7H2,1-3H3,(H2,13,14,16,18). The predicted molar refractivity (Wildman–Crippen MR) is 69.9 cm³/mol. The van der Waals surface area contributed by atoms with Gasteiger partial charge in [-0.2, -0.15) is 0 Å². The molecule has 0 saturated carbocycles. The second-order valence-electron chi connectivity index (χ2n) is 5.01. The minimum atomic E-state index is -0.993. The van der Waals surface area contributed by atoms with Gasteiger partial charge in [-0.15, -0.1) is 0 Å². The Labute approximate surface area is 110 Å². The number of nitrogens with one attached hydrogen (secondary N) is 2. The molecule has 1 aromatic rings. The molecule has 0 spiro atoms. The number of hydrogen-bond acceptors (Lipinski definition) is 4. The molecule has 3 N–H and O–H groups in total. The van der Waals surface area contributed by atoms with E-state index >= 15 is 0 Å². The number of carbonyl (C=O) groups is 1. The second-order valence-corrected chi connectivity index (χ2v) is 5.01. The van der Waals surface area contributed by atoms with Crippen molar-refractivity contribution in [3.63, 3.8) is 0 Å². The summed E-state index contributed by atoms with van der Waals surface area (Å²) in [4.78, 5) is 40.1. The summed E-state index contributed by atoms with van der Waals surface area (Å²) in [6, 6.07) is 1.18. The first-order valence-corrected chi connectivity index (χ1v) is 6.04. The molecule has 0 aromatic carbocycles. The van der Waals surface area contributed by atoms with Crippen LogP contribution in [-0.4, -0.2) is 44.6 Å². The van der Waals surface area contributed by atoms with Gasteiger partial charge in [-0.05, 0) is 20.8 Å². The topological polar surface area (TPSA) is 106 Å². The number of nitrogens with zero attached hydrogens (tertiary/aromatic N) is 1. The minimum absolute atomic E-state index is 0.0803. The molecule has 7 heteroatoms. The molecule has 106 valence electrons. The van der Waals surface area contributed by atoms with Crippen LogP contribution in [0.25, 0.3) is 0 Å². The van der Waals surface area contributed by atoms with Crippen molar-refractivity contribution in [2.75, 3.05) is 13.1 Å². The van der Waals surface area contributed by atoms with E-state index in [1.54, 1.807) is 20.8 Å². The van der Waals surface area contributed by atoms with Crippen LogP contribution in [0.2, 0.25) is 0 Å². The maximum absolute atomic E-state index is 12.0. The van der Waals surface area contributed by atoms with Gasteiger partial charge >= 0.3 is 5.69 Å². The van der Waals surface area contributed by atoms with Gasteiger partial charge in [-0.1, -0.05) is 0 Å². The monoisotopic (exact) mass is 269 g/mol. The van der Waals surface area contributed by atoms with Gasteiger partial charge in [0.05, 0.1) is 12.0 Å². The molecule has 7 nitrogen and oxygen atoms in total. The van der Waals surface area contributed by atoms with Crippen LogP contribution in [0, 0.1) is 0 Å². The Kier molecular flexibility index (Phi) is 4.66. The summed E-state index contributed by atoms with van der Waals surface area (Å²) in [7, 11) is 0. The fourth-order valence-electron chi connectivity index (χ4n) is 1.73. The minimum Gasteiger partial charge on any atom is -0.389 e. The third kappa shape index (κ3) is 5.09. The molecular formula is C12H19N3O4. The van der Waals surface area contributed by atoms with Gasteiger partial charge in [0.25, 0.3) is 5.56 Å². The Morgan fingerprint density at radius 2 is 2.00 bits per heavy atom. The van der Waals surface area contributed by atoms with Crippen LogP contribution in [0.15, 0.2) is 15.7 Å². The Balaban J connectivity index is 2.82. The number of carbonyl (C=O) groups excluding carboxylic acids is 1. The zero-order valence-corrected chi connectivity index (χ0v) is 11.3. The molecular weight excluding hydrogens is 250 g/mol. The first-order chi connectivity index (χ1) is 8.71. The van der Waals surface area contributed by atoms with E-state index in [9.17, 15) is 19.5 Å². The van der Waals surface area contributed by atoms with Crippen molar-refractivity contribution >= 4 is 5.91 Å². The first-order valence-electron chi connectivity index (χ1n) is 6.04. The van der Waals surface area contributed by atoms with Crippen molar-refractivity contribution < 1.29 is 9.90 Å². The number of amides is 1. The van der Waals surface area contributed by atoms with E-state index in [0.717, 1.165) is 0 Å². The van der Waals surface area contributed by atoms with E-state index in [2.05, 4.69) is 4.98 Å². The number of rotatable bonds is 5. The van der Waals surface area contributed by atoms with Gasteiger partial charge in [-0.3, -0.25) is 14.6 Å². The molecule has 0 atom stereocenters. The highest BCUT2D eigenvalue weighted by atomic mass is 16.3. The van der Waals surface area contributed by atoms with Crippen LogP contribution in [0.5, 0.6) is 0 Å². The average Bonchev–Trinajstić information content (AvgIpc) is 2.22. The lowest BCUT2D eigenvalue weighted by Crippen LogP contribution is -2.43. The lowest BCUT2D eigenvalue weighted by atomic mass is 10.1. The van der Waals surface area contributed by atoms with Gasteiger partial charge in [0.15, 0.2) is 0 Å². The van der Waals surface area contributed by atoms with Gasteiger partial charge in [0, 0.05) is 24.8 Å². The predicted octanol–water partition coefficient (Wildman–Crippen LogP) is -0.775. The smallest absolute Gasteiger partial charge is 0.325 e. The summed E-state index contributed by atoms with van der Waals surface area (Å²) < 4.78 is 0. The van der Waals surface area contributed by atoms with Crippen molar-refractivity contribution in [1.29, 1.82) is 0 Å². The summed E-state index contributed by atoms with van der Waals surface area (Å²) >= 11 is 0. The third-order valence-electron chi connectivity index (χ3n) is 2.47. The van der Waals surface area contributed by atoms with Gasteiger partial charge in [0.2, 0.25) is 5.91 Å². The zero-order chi connectivity index (χ0) is 14.6. The number of aliphatic hydroxyl groups is 1. The lowest BCUT2D eigenvalue weighted by Gasteiger charge is -2.28. The number of likely N-dealkylation sites (N-methyl/N-ethyl adjacent to an activating group) is 1. The molecule has 0 fully saturated rings. The Morgan fingerprint density at radius 3 is 2.47 bits per heavy atom. The van der Waals surface area contributed by atoms with Gasteiger partial charge in [-0.25, -0.2) is 4.79 Å². The normalized spacial score (nSPS) is 11.4. The molecule has 19 heavy (non-hydrogen) atoms. The number of aromatic nitrogens is 2. The summed E-state index contributed by atoms with van der Waals surface area (Å²) in [5.74, 6) is -0.258. The number of hydrogen-bond donors (Lipinski definition) is 3.